The number of para-hydroxylation sites is 1. The normalized spacial score (nSPS) is 18.8. The molecule has 1 amide bonds. The van der Waals surface area contributed by atoms with Crippen LogP contribution in [0.1, 0.15) is 25.0 Å². The number of nitrogens with two attached hydrogens (primary N) is 1. The number of hydrogen-bond acceptors (Lipinski definition) is 8. The molecule has 2 aliphatic rings. The van der Waals surface area contributed by atoms with Gasteiger partial charge in [0.05, 0.1) is 35.0 Å². The van der Waals surface area contributed by atoms with E-state index in [-0.39, 0.29) is 5.91 Å². The van der Waals surface area contributed by atoms with Crippen LogP contribution in [0.15, 0.2) is 41.1 Å². The number of amides is 1. The smallest absolute Gasteiger partial charge is 0.229 e. The number of aromatic nitrogens is 3. The molecule has 9 nitrogen and oxygen atoms in total. The number of benzene rings is 1. The quantitative estimate of drug-likeness (QED) is 0.433. The number of rotatable bonds is 7. The second-order valence-electron chi connectivity index (χ2n) is 9.07. The molecule has 1 aliphatic heterocycles. The number of primary amides is 1. The summed E-state index contributed by atoms with van der Waals surface area (Å²) in [5, 5.41) is 4.81. The van der Waals surface area contributed by atoms with Crippen molar-refractivity contribution >= 4 is 39.3 Å². The van der Waals surface area contributed by atoms with Crippen molar-refractivity contribution in [2.24, 2.45) is 5.73 Å². The van der Waals surface area contributed by atoms with Crippen molar-refractivity contribution in [3.8, 4) is 11.5 Å². The Balaban J connectivity index is 1.50. The molecule has 2 fully saturated rings. The van der Waals surface area contributed by atoms with Gasteiger partial charge in [-0.05, 0) is 37.5 Å². The summed E-state index contributed by atoms with van der Waals surface area (Å²) in [4.78, 5) is 28.4. The second kappa shape index (κ2) is 7.66. The molecule has 0 radical (unpaired) electrons. The zero-order valence-corrected chi connectivity index (χ0v) is 19.2. The highest BCUT2D eigenvalue weighted by atomic mass is 16.5. The standard InChI is InChI=1S/C25H26N6O3/c1-27-22-16-11-28-20(25(7-8-25)24(26)32)10-15(16)17(12-29-22)23-30-18-4-3-5-19(21(18)34-23)31-9-6-14(31)13-33-2/h3-5,10-12,14H,6-9,13H2,1-2H3,(H2,26,32)(H,27,29). The first-order chi connectivity index (χ1) is 16.6. The minimum absolute atomic E-state index is 0.332. The first-order valence-electron chi connectivity index (χ1n) is 11.5. The van der Waals surface area contributed by atoms with Crippen molar-refractivity contribution in [3.63, 3.8) is 0 Å². The van der Waals surface area contributed by atoms with Crippen LogP contribution in [0, 0.1) is 0 Å². The van der Waals surface area contributed by atoms with Crippen LogP contribution in [0.25, 0.3) is 33.3 Å². The summed E-state index contributed by atoms with van der Waals surface area (Å²) in [5.74, 6) is 0.837. The molecule has 1 saturated heterocycles. The number of ether oxygens (including phenoxy) is 1. The molecule has 9 heteroatoms. The maximum atomic E-state index is 12.1. The number of methoxy groups -OCH3 is 1. The highest BCUT2D eigenvalue weighted by Crippen LogP contribution is 2.48. The number of oxazole rings is 1. The molecule has 3 N–H and O–H groups in total. The van der Waals surface area contributed by atoms with Crippen molar-refractivity contribution in [3.05, 3.63) is 42.4 Å². The fraction of sp³-hybridized carbons (Fsp3) is 0.360. The van der Waals surface area contributed by atoms with Crippen LogP contribution in [-0.2, 0) is 14.9 Å². The number of anilines is 2. The molecule has 4 heterocycles. The first kappa shape index (κ1) is 20.9. The van der Waals surface area contributed by atoms with Gasteiger partial charge in [0.1, 0.15) is 11.3 Å². The number of nitrogens with zero attached hydrogens (tertiary/aromatic N) is 4. The lowest BCUT2D eigenvalue weighted by molar-refractivity contribution is -0.120. The fourth-order valence-corrected chi connectivity index (χ4v) is 4.92. The molecular weight excluding hydrogens is 432 g/mol. The van der Waals surface area contributed by atoms with E-state index in [0.717, 1.165) is 46.1 Å². The third-order valence-corrected chi connectivity index (χ3v) is 7.16. The zero-order chi connectivity index (χ0) is 23.4. The van der Waals surface area contributed by atoms with E-state index in [9.17, 15) is 4.79 Å². The summed E-state index contributed by atoms with van der Waals surface area (Å²) in [6.45, 7) is 1.63. The van der Waals surface area contributed by atoms with E-state index in [1.807, 2.05) is 25.2 Å². The predicted octanol–water partition coefficient (Wildman–Crippen LogP) is 3.22. The van der Waals surface area contributed by atoms with E-state index < -0.39 is 5.41 Å². The largest absolute Gasteiger partial charge is 0.434 e. The van der Waals surface area contributed by atoms with E-state index in [1.165, 1.54) is 0 Å². The molecule has 1 unspecified atom stereocenters. The predicted molar refractivity (Wildman–Crippen MR) is 130 cm³/mol. The summed E-state index contributed by atoms with van der Waals surface area (Å²) in [7, 11) is 3.54. The van der Waals surface area contributed by atoms with Gasteiger partial charge in [-0.2, -0.15) is 0 Å². The van der Waals surface area contributed by atoms with Crippen LogP contribution in [0.4, 0.5) is 11.5 Å². The molecule has 174 valence electrons. The Kier molecular flexibility index (Phi) is 4.70. The Hall–Kier alpha value is -3.72. The molecule has 1 saturated carbocycles. The van der Waals surface area contributed by atoms with Crippen molar-refractivity contribution in [2.45, 2.75) is 30.7 Å². The average Bonchev–Trinajstić information content (AvgIpc) is 3.54. The Morgan fingerprint density at radius 1 is 1.29 bits per heavy atom. The monoisotopic (exact) mass is 458 g/mol. The molecule has 34 heavy (non-hydrogen) atoms. The van der Waals surface area contributed by atoms with E-state index in [2.05, 4.69) is 26.3 Å². The van der Waals surface area contributed by atoms with Gasteiger partial charge < -0.3 is 25.1 Å². The van der Waals surface area contributed by atoms with Gasteiger partial charge in [0, 0.05) is 43.9 Å². The van der Waals surface area contributed by atoms with Crippen molar-refractivity contribution in [1.29, 1.82) is 0 Å². The minimum atomic E-state index is -0.684. The number of nitrogens with one attached hydrogen (secondary N) is 1. The molecule has 0 spiro atoms. The zero-order valence-electron chi connectivity index (χ0n) is 19.2. The van der Waals surface area contributed by atoms with Crippen LogP contribution in [0.5, 0.6) is 0 Å². The lowest BCUT2D eigenvalue weighted by Crippen LogP contribution is -2.50. The van der Waals surface area contributed by atoms with E-state index in [4.69, 9.17) is 19.9 Å². The number of fused-ring (bicyclic) bond motifs is 2. The molecule has 0 bridgehead atoms. The SMILES string of the molecule is CNc1ncc(-c2nc3cccc(N4CCC4COC)c3o2)c2cc(C3(C(N)=O)CC3)ncc12. The van der Waals surface area contributed by atoms with Gasteiger partial charge in [-0.15, -0.1) is 0 Å². The third kappa shape index (κ3) is 3.03. The first-order valence-corrected chi connectivity index (χ1v) is 11.5. The van der Waals surface area contributed by atoms with Gasteiger partial charge in [0.15, 0.2) is 5.58 Å². The minimum Gasteiger partial charge on any atom is -0.434 e. The van der Waals surface area contributed by atoms with Gasteiger partial charge in [0.2, 0.25) is 11.8 Å². The van der Waals surface area contributed by atoms with Crippen LogP contribution >= 0.6 is 0 Å². The highest BCUT2D eigenvalue weighted by molar-refractivity contribution is 6.02. The Morgan fingerprint density at radius 2 is 2.15 bits per heavy atom. The molecule has 4 aromatic rings. The van der Waals surface area contributed by atoms with Crippen LogP contribution in [-0.4, -0.2) is 54.2 Å². The molecule has 3 aromatic heterocycles. The maximum Gasteiger partial charge on any atom is 0.229 e. The number of carbonyl (C=O) groups is 1. The highest BCUT2D eigenvalue weighted by Gasteiger charge is 2.51. The molecule has 6 rings (SSSR count). The maximum absolute atomic E-state index is 12.1. The van der Waals surface area contributed by atoms with Crippen LogP contribution < -0.4 is 16.0 Å². The van der Waals surface area contributed by atoms with Gasteiger partial charge in [-0.25, -0.2) is 9.97 Å². The van der Waals surface area contributed by atoms with Crippen molar-refractivity contribution in [2.75, 3.05) is 37.5 Å². The summed E-state index contributed by atoms with van der Waals surface area (Å²) in [5.41, 5.74) is 9.00. The van der Waals surface area contributed by atoms with Crippen molar-refractivity contribution < 1.29 is 13.9 Å². The lowest BCUT2D eigenvalue weighted by atomic mass is 9.98. The Bertz CT molecular complexity index is 1430. The molecule has 1 atom stereocenters. The van der Waals surface area contributed by atoms with Crippen molar-refractivity contribution in [1.82, 2.24) is 15.0 Å². The Morgan fingerprint density at radius 3 is 2.82 bits per heavy atom. The second-order valence-corrected chi connectivity index (χ2v) is 9.07. The van der Waals surface area contributed by atoms with E-state index in [0.29, 0.717) is 42.9 Å². The van der Waals surface area contributed by atoms with Crippen LogP contribution in [0.2, 0.25) is 0 Å². The fourth-order valence-electron chi connectivity index (χ4n) is 4.92. The number of carbonyl (C=O) groups excluding carboxylic acids is 1. The third-order valence-electron chi connectivity index (χ3n) is 7.16. The van der Waals surface area contributed by atoms with Gasteiger partial charge in [-0.1, -0.05) is 6.07 Å². The summed E-state index contributed by atoms with van der Waals surface area (Å²) < 4.78 is 11.7. The van der Waals surface area contributed by atoms with Gasteiger partial charge in [0.25, 0.3) is 0 Å². The number of pyridine rings is 2. The summed E-state index contributed by atoms with van der Waals surface area (Å²) >= 11 is 0. The topological polar surface area (TPSA) is 119 Å². The summed E-state index contributed by atoms with van der Waals surface area (Å²) in [6.07, 6.45) is 6.02. The molecular formula is C25H26N6O3. The van der Waals surface area contributed by atoms with E-state index >= 15 is 0 Å². The molecule has 1 aliphatic carbocycles. The lowest BCUT2D eigenvalue weighted by Gasteiger charge is -2.42. The van der Waals surface area contributed by atoms with Crippen LogP contribution in [0.3, 0.4) is 0 Å². The molecule has 1 aromatic carbocycles. The Labute approximate surface area is 196 Å². The van der Waals surface area contributed by atoms with E-state index in [1.54, 1.807) is 19.5 Å². The van der Waals surface area contributed by atoms with Gasteiger partial charge >= 0.3 is 0 Å². The van der Waals surface area contributed by atoms with Gasteiger partial charge in [-0.3, -0.25) is 9.78 Å². The summed E-state index contributed by atoms with van der Waals surface area (Å²) in [6, 6.07) is 8.28. The average molecular weight is 459 g/mol. The number of hydrogen-bond donors (Lipinski definition) is 2.